The molecule has 0 spiro atoms. The van der Waals surface area contributed by atoms with Gasteiger partial charge in [-0.3, -0.25) is 0 Å². The topological polar surface area (TPSA) is 36.9 Å². The molecule has 0 amide bonds. The molecule has 297 valence electrons. The zero-order valence-electron chi connectivity index (χ0n) is 34.1. The van der Waals surface area contributed by atoms with Crippen LogP contribution in [0.2, 0.25) is 0 Å². The fraction of sp³-hybridized carbons (Fsp3) is 0.407. The molecule has 0 aliphatic heterocycles. The smallest absolute Gasteiger partial charge is 0.526 e. The van der Waals surface area contributed by atoms with Gasteiger partial charge in [-0.05, 0) is 205 Å². The SMILES string of the molecule is [B](Oc1ccc2cc(OCc3ccccc3)c(C34CC5CC(CC(C5)C3)C4)cc2c1)Oc1ccc2cc(OCc3ccccc3)c(C34CC5CC(CC(C5)C3)C4)cc2c1. The minimum Gasteiger partial charge on any atom is -0.526 e. The number of hydrogen-bond acceptors (Lipinski definition) is 4. The lowest BCUT2D eigenvalue weighted by atomic mass is 9.48. The van der Waals surface area contributed by atoms with Gasteiger partial charge in [-0.25, -0.2) is 0 Å². The Morgan fingerprint density at radius 1 is 0.407 bits per heavy atom. The molecule has 4 nitrogen and oxygen atoms in total. The second kappa shape index (κ2) is 14.4. The number of benzene rings is 6. The van der Waals surface area contributed by atoms with Crippen molar-refractivity contribution in [2.45, 2.75) is 101 Å². The van der Waals surface area contributed by atoms with Crippen LogP contribution in [0.1, 0.15) is 99.3 Å². The zero-order chi connectivity index (χ0) is 39.0. The van der Waals surface area contributed by atoms with Crippen LogP contribution in [0.15, 0.2) is 121 Å². The van der Waals surface area contributed by atoms with Crippen LogP contribution in [-0.2, 0) is 24.0 Å². The number of hydrogen-bond donors (Lipinski definition) is 0. The van der Waals surface area contributed by atoms with E-state index in [1.54, 1.807) is 0 Å². The molecule has 5 heteroatoms. The molecule has 8 aliphatic carbocycles. The predicted molar refractivity (Wildman–Crippen MR) is 236 cm³/mol. The van der Waals surface area contributed by atoms with Crippen molar-refractivity contribution in [3.63, 3.8) is 0 Å². The minimum absolute atomic E-state index is 0.210. The molecule has 8 bridgehead atoms. The van der Waals surface area contributed by atoms with E-state index in [9.17, 15) is 0 Å². The van der Waals surface area contributed by atoms with Crippen LogP contribution < -0.4 is 18.8 Å². The Morgan fingerprint density at radius 3 is 1.15 bits per heavy atom. The van der Waals surface area contributed by atoms with Crippen molar-refractivity contribution in [3.8, 4) is 23.0 Å². The monoisotopic (exact) mass is 777 g/mol. The zero-order valence-corrected chi connectivity index (χ0v) is 34.1. The van der Waals surface area contributed by atoms with Crippen molar-refractivity contribution in [2.24, 2.45) is 35.5 Å². The standard InChI is InChI=1S/C54H54BO4/c1-3-7-35(8-4-1)33-56-51-25-43-11-13-47(21-45(43)23-49(51)53-27-37-15-38(28-53)17-39(16-37)29-53)58-55-59-48-14-12-44-26-52(57-34-36-9-5-2-6-10-36)50(24-46(44)22-48)54-30-40-18-41(31-54)20-42(19-40)32-54/h1-14,21-26,37-42H,15-20,27-34H2. The fourth-order valence-corrected chi connectivity index (χ4v) is 14.2. The molecule has 0 saturated heterocycles. The summed E-state index contributed by atoms with van der Waals surface area (Å²) in [6.45, 7) is 1.17. The van der Waals surface area contributed by atoms with Gasteiger partial charge < -0.3 is 18.8 Å². The van der Waals surface area contributed by atoms with Gasteiger partial charge in [0.2, 0.25) is 0 Å². The van der Waals surface area contributed by atoms with Gasteiger partial charge in [0.25, 0.3) is 0 Å². The molecular formula is C54H54BO4. The summed E-state index contributed by atoms with van der Waals surface area (Å²) < 4.78 is 25.9. The van der Waals surface area contributed by atoms with Crippen LogP contribution in [0.25, 0.3) is 21.5 Å². The number of rotatable bonds is 12. The maximum atomic E-state index is 6.74. The third-order valence-corrected chi connectivity index (χ3v) is 15.9. The van der Waals surface area contributed by atoms with Crippen molar-refractivity contribution in [1.82, 2.24) is 0 Å². The maximum absolute atomic E-state index is 6.74. The summed E-state index contributed by atoms with van der Waals surface area (Å²) in [5.41, 5.74) is 5.65. The highest BCUT2D eigenvalue weighted by molar-refractivity contribution is 6.21. The van der Waals surface area contributed by atoms with Crippen LogP contribution in [0.3, 0.4) is 0 Å². The molecule has 0 N–H and O–H groups in total. The van der Waals surface area contributed by atoms with E-state index in [0.717, 1.165) is 58.5 Å². The first-order chi connectivity index (χ1) is 29.0. The average molecular weight is 778 g/mol. The molecule has 0 heterocycles. The predicted octanol–water partition coefficient (Wildman–Crippen LogP) is 13.1. The highest BCUT2D eigenvalue weighted by atomic mass is 16.6. The summed E-state index contributed by atoms with van der Waals surface area (Å²) in [7, 11) is 1.50. The summed E-state index contributed by atoms with van der Waals surface area (Å²) in [6, 6.07) is 43.4. The second-order valence-corrected chi connectivity index (χ2v) is 20.0. The van der Waals surface area contributed by atoms with Crippen LogP contribution in [-0.4, -0.2) is 7.69 Å². The van der Waals surface area contributed by atoms with E-state index in [-0.39, 0.29) is 10.8 Å². The van der Waals surface area contributed by atoms with Crippen molar-refractivity contribution >= 4 is 29.2 Å². The lowest BCUT2D eigenvalue weighted by Crippen LogP contribution is -2.48. The van der Waals surface area contributed by atoms with E-state index in [1.807, 2.05) is 12.1 Å². The Balaban J connectivity index is 0.804. The molecule has 0 unspecified atom stereocenters. The van der Waals surface area contributed by atoms with Crippen molar-refractivity contribution in [2.75, 3.05) is 0 Å². The molecule has 59 heavy (non-hydrogen) atoms. The number of fused-ring (bicyclic) bond motifs is 2. The second-order valence-electron chi connectivity index (χ2n) is 20.0. The molecule has 1 radical (unpaired) electrons. The van der Waals surface area contributed by atoms with Gasteiger partial charge >= 0.3 is 7.69 Å². The van der Waals surface area contributed by atoms with E-state index in [4.69, 9.17) is 18.8 Å². The summed E-state index contributed by atoms with van der Waals surface area (Å²) in [5, 5.41) is 4.74. The molecule has 8 saturated carbocycles. The van der Waals surface area contributed by atoms with Crippen molar-refractivity contribution in [1.29, 1.82) is 0 Å². The first-order valence-corrected chi connectivity index (χ1v) is 22.6. The van der Waals surface area contributed by atoms with Gasteiger partial charge in [0.15, 0.2) is 0 Å². The highest BCUT2D eigenvalue weighted by Crippen LogP contribution is 2.63. The molecular weight excluding hydrogens is 723 g/mol. The third-order valence-electron chi connectivity index (χ3n) is 15.9. The van der Waals surface area contributed by atoms with E-state index < -0.39 is 0 Å². The molecule has 6 aromatic carbocycles. The Morgan fingerprint density at radius 2 is 0.780 bits per heavy atom. The van der Waals surface area contributed by atoms with Gasteiger partial charge in [-0.15, -0.1) is 0 Å². The fourth-order valence-electron chi connectivity index (χ4n) is 14.2. The summed E-state index contributed by atoms with van der Waals surface area (Å²) in [6.07, 6.45) is 16.3. The Bertz CT molecular complexity index is 2270. The molecule has 8 fully saturated rings. The quantitative estimate of drug-likeness (QED) is 0.116. The van der Waals surface area contributed by atoms with E-state index in [2.05, 4.69) is 109 Å². The van der Waals surface area contributed by atoms with Gasteiger partial charge in [-0.1, -0.05) is 72.8 Å². The summed E-state index contributed by atoms with van der Waals surface area (Å²) in [5.74, 6) is 8.80. The molecule has 8 aliphatic rings. The number of ether oxygens (including phenoxy) is 2. The van der Waals surface area contributed by atoms with Gasteiger partial charge in [0.05, 0.1) is 0 Å². The Hall–Kier alpha value is -4.90. The lowest BCUT2D eigenvalue weighted by molar-refractivity contribution is -0.00654. The normalized spacial score (nSPS) is 29.8. The maximum Gasteiger partial charge on any atom is 0.658 e. The largest absolute Gasteiger partial charge is 0.658 e. The average Bonchev–Trinajstić information content (AvgIpc) is 3.24. The van der Waals surface area contributed by atoms with Crippen LogP contribution >= 0.6 is 0 Å². The molecule has 0 aromatic heterocycles. The lowest BCUT2D eigenvalue weighted by Gasteiger charge is -2.57. The first-order valence-electron chi connectivity index (χ1n) is 22.6. The van der Waals surface area contributed by atoms with Crippen LogP contribution in [0, 0.1) is 35.5 Å². The van der Waals surface area contributed by atoms with Crippen molar-refractivity contribution in [3.05, 3.63) is 144 Å². The third kappa shape index (κ3) is 6.77. The van der Waals surface area contributed by atoms with Crippen LogP contribution in [0.5, 0.6) is 23.0 Å². The van der Waals surface area contributed by atoms with Crippen molar-refractivity contribution < 1.29 is 18.8 Å². The van der Waals surface area contributed by atoms with Gasteiger partial charge in [0.1, 0.15) is 36.2 Å². The summed E-state index contributed by atoms with van der Waals surface area (Å²) >= 11 is 0. The molecule has 6 aromatic rings. The minimum atomic E-state index is 0.210. The summed E-state index contributed by atoms with van der Waals surface area (Å²) in [4.78, 5) is 0. The van der Waals surface area contributed by atoms with E-state index in [1.165, 1.54) is 129 Å². The highest BCUT2D eigenvalue weighted by Gasteiger charge is 2.54. The Labute approximate surface area is 349 Å². The van der Waals surface area contributed by atoms with Crippen LogP contribution in [0.4, 0.5) is 0 Å². The van der Waals surface area contributed by atoms with Gasteiger partial charge in [-0.2, -0.15) is 0 Å². The van der Waals surface area contributed by atoms with E-state index in [0.29, 0.717) is 13.2 Å². The molecule has 0 atom stereocenters. The van der Waals surface area contributed by atoms with E-state index >= 15 is 0 Å². The first kappa shape index (κ1) is 36.0. The molecule has 14 rings (SSSR count). The van der Waals surface area contributed by atoms with Gasteiger partial charge in [0, 0.05) is 11.1 Å². The Kier molecular flexibility index (Phi) is 8.78.